The van der Waals surface area contributed by atoms with Gasteiger partial charge in [0.15, 0.2) is 5.82 Å². The summed E-state index contributed by atoms with van der Waals surface area (Å²) in [5, 5.41) is 20.5. The van der Waals surface area contributed by atoms with E-state index in [1.54, 1.807) is 23.3 Å². The van der Waals surface area contributed by atoms with E-state index in [9.17, 15) is 10.1 Å². The third-order valence-corrected chi connectivity index (χ3v) is 8.99. The highest BCUT2D eigenvalue weighted by Crippen LogP contribution is 2.40. The second-order valence-electron chi connectivity index (χ2n) is 12.4. The van der Waals surface area contributed by atoms with E-state index < -0.39 is 0 Å². The van der Waals surface area contributed by atoms with Crippen LogP contribution in [0.2, 0.25) is 0 Å². The van der Waals surface area contributed by atoms with Crippen LogP contribution < -0.4 is 20.4 Å². The van der Waals surface area contributed by atoms with Crippen molar-refractivity contribution in [3.63, 3.8) is 0 Å². The first-order valence-corrected chi connectivity index (χ1v) is 15.4. The van der Waals surface area contributed by atoms with E-state index >= 15 is 0 Å². The second kappa shape index (κ2) is 12.2. The van der Waals surface area contributed by atoms with E-state index in [1.165, 1.54) is 0 Å². The number of aromatic nitrogens is 5. The SMILES string of the molecule is Cn1cc(-c2ccc(N(C(=O)NCc3ccccc3)C3CCC(Nc4ncc(C#N)c(N5CC6(COC6)C5)n4)CC3)nc2)cn1. The Balaban J connectivity index is 1.03. The first-order valence-electron chi connectivity index (χ1n) is 15.4. The summed E-state index contributed by atoms with van der Waals surface area (Å²) in [6.45, 7) is 3.68. The number of nitrogens with one attached hydrogen (secondary N) is 2. The van der Waals surface area contributed by atoms with Crippen LogP contribution in [0, 0.1) is 16.7 Å². The van der Waals surface area contributed by atoms with Crippen molar-refractivity contribution in [3.05, 3.63) is 78.4 Å². The van der Waals surface area contributed by atoms with Crippen LogP contribution in [-0.2, 0) is 18.3 Å². The number of rotatable bonds is 8. The Hall–Kier alpha value is -5.02. The van der Waals surface area contributed by atoms with Gasteiger partial charge >= 0.3 is 6.03 Å². The monoisotopic (exact) mass is 604 g/mol. The summed E-state index contributed by atoms with van der Waals surface area (Å²) >= 11 is 0. The molecular formula is C33H36N10O2. The van der Waals surface area contributed by atoms with E-state index in [4.69, 9.17) is 14.7 Å². The first-order chi connectivity index (χ1) is 22.0. The molecule has 2 aliphatic heterocycles. The van der Waals surface area contributed by atoms with Gasteiger partial charge < -0.3 is 20.3 Å². The second-order valence-corrected chi connectivity index (χ2v) is 12.4. The molecule has 0 atom stereocenters. The molecule has 4 aromatic rings. The Bertz CT molecular complexity index is 1680. The molecule has 230 valence electrons. The first kappa shape index (κ1) is 28.7. The predicted octanol–water partition coefficient (Wildman–Crippen LogP) is 4.12. The van der Waals surface area contributed by atoms with Gasteiger partial charge in [-0.1, -0.05) is 30.3 Å². The molecule has 12 heteroatoms. The van der Waals surface area contributed by atoms with Crippen LogP contribution in [0.15, 0.2) is 67.3 Å². The third-order valence-electron chi connectivity index (χ3n) is 8.99. The van der Waals surface area contributed by atoms with Crippen LogP contribution in [0.1, 0.15) is 36.8 Å². The van der Waals surface area contributed by atoms with Gasteiger partial charge in [-0.25, -0.2) is 14.8 Å². The van der Waals surface area contributed by atoms with E-state index in [2.05, 4.69) is 31.7 Å². The minimum absolute atomic E-state index is 0.0185. The fourth-order valence-corrected chi connectivity index (χ4v) is 6.49. The Morgan fingerprint density at radius 2 is 1.84 bits per heavy atom. The molecule has 3 aromatic heterocycles. The van der Waals surface area contributed by atoms with Crippen molar-refractivity contribution in [2.75, 3.05) is 41.4 Å². The molecule has 1 saturated carbocycles. The van der Waals surface area contributed by atoms with Crippen molar-refractivity contribution in [1.82, 2.24) is 30.0 Å². The Labute approximate surface area is 262 Å². The quantitative estimate of drug-likeness (QED) is 0.304. The number of hydrogen-bond donors (Lipinski definition) is 2. The number of benzene rings is 1. The van der Waals surface area contributed by atoms with Gasteiger partial charge in [0.25, 0.3) is 0 Å². The van der Waals surface area contributed by atoms with Gasteiger partial charge in [-0.3, -0.25) is 9.58 Å². The zero-order valence-electron chi connectivity index (χ0n) is 25.3. The highest BCUT2D eigenvalue weighted by Gasteiger charge is 2.50. The van der Waals surface area contributed by atoms with Gasteiger partial charge in [-0.2, -0.15) is 15.3 Å². The Morgan fingerprint density at radius 3 is 2.49 bits per heavy atom. The molecule has 2 amide bonds. The van der Waals surface area contributed by atoms with Crippen LogP contribution in [0.4, 0.5) is 22.4 Å². The molecular weight excluding hydrogens is 568 g/mol. The summed E-state index contributed by atoms with van der Waals surface area (Å²) in [6.07, 6.45) is 10.4. The maximum absolute atomic E-state index is 13.7. The number of ether oxygens (including phenoxy) is 1. The average Bonchev–Trinajstić information content (AvgIpc) is 3.47. The summed E-state index contributed by atoms with van der Waals surface area (Å²) in [6, 6.07) is 16.0. The van der Waals surface area contributed by atoms with Crippen molar-refractivity contribution >= 4 is 23.6 Å². The van der Waals surface area contributed by atoms with Crippen LogP contribution in [-0.4, -0.2) is 69.2 Å². The summed E-state index contributed by atoms with van der Waals surface area (Å²) in [7, 11) is 1.88. The number of carbonyl (C=O) groups is 1. The fraction of sp³-hybridized carbons (Fsp3) is 0.394. The van der Waals surface area contributed by atoms with Crippen LogP contribution in [0.3, 0.4) is 0 Å². The zero-order chi connectivity index (χ0) is 30.8. The lowest BCUT2D eigenvalue weighted by atomic mass is 9.78. The molecule has 2 saturated heterocycles. The van der Waals surface area contributed by atoms with Gasteiger partial charge in [0.1, 0.15) is 17.5 Å². The topological polar surface area (TPSA) is 137 Å². The lowest BCUT2D eigenvalue weighted by molar-refractivity contribution is -0.127. The molecule has 2 N–H and O–H groups in total. The molecule has 0 bridgehead atoms. The van der Waals surface area contributed by atoms with Crippen molar-refractivity contribution in [2.24, 2.45) is 12.5 Å². The van der Waals surface area contributed by atoms with Crippen molar-refractivity contribution < 1.29 is 9.53 Å². The maximum atomic E-state index is 13.7. The van der Waals surface area contributed by atoms with E-state index in [-0.39, 0.29) is 23.5 Å². The lowest BCUT2D eigenvalue weighted by Gasteiger charge is -2.55. The number of nitriles is 1. The standard InChI is InChI=1S/C33H36N10O2/c1-41-18-26(17-38-41)24-7-12-29(35-15-24)43(32(44)37-14-23-5-3-2-4-6-23)28-10-8-27(9-11-28)39-31-36-16-25(13-34)30(40-31)42-19-33(20-42)21-45-22-33/h2-7,12,15-18,27-28H,8-11,14,19-22H2,1H3,(H,37,44)(H,36,39,40). The Kier molecular flexibility index (Phi) is 7.77. The number of nitrogens with zero attached hydrogens (tertiary/aromatic N) is 8. The summed E-state index contributed by atoms with van der Waals surface area (Å²) in [4.78, 5) is 31.6. The number of urea groups is 1. The van der Waals surface area contributed by atoms with Crippen molar-refractivity contribution in [2.45, 2.75) is 44.3 Å². The number of aryl methyl sites for hydroxylation is 1. The smallest absolute Gasteiger partial charge is 0.323 e. The van der Waals surface area contributed by atoms with Crippen LogP contribution in [0.5, 0.6) is 0 Å². The highest BCUT2D eigenvalue weighted by molar-refractivity contribution is 5.91. The molecule has 12 nitrogen and oxygen atoms in total. The summed E-state index contributed by atoms with van der Waals surface area (Å²) < 4.78 is 7.16. The summed E-state index contributed by atoms with van der Waals surface area (Å²) in [5.41, 5.74) is 3.66. The van der Waals surface area contributed by atoms with E-state index in [0.717, 1.165) is 68.7 Å². The zero-order valence-corrected chi connectivity index (χ0v) is 25.3. The third kappa shape index (κ3) is 6.04. The normalized spacial score (nSPS) is 20.0. The number of pyridine rings is 1. The van der Waals surface area contributed by atoms with Crippen LogP contribution in [0.25, 0.3) is 11.1 Å². The maximum Gasteiger partial charge on any atom is 0.323 e. The molecule has 1 aromatic carbocycles. The van der Waals surface area contributed by atoms with Crippen molar-refractivity contribution in [3.8, 4) is 17.2 Å². The minimum atomic E-state index is -0.166. The Morgan fingerprint density at radius 1 is 1.04 bits per heavy atom. The number of hydrogen-bond acceptors (Lipinski definition) is 9. The van der Waals surface area contributed by atoms with E-state index in [1.807, 2.05) is 60.6 Å². The lowest BCUT2D eigenvalue weighted by Crippen LogP contribution is -2.66. The number of carbonyl (C=O) groups excluding carboxylic acids is 1. The minimum Gasteiger partial charge on any atom is -0.380 e. The van der Waals surface area contributed by atoms with Gasteiger partial charge in [-0.05, 0) is 43.4 Å². The molecule has 3 aliphatic rings. The average molecular weight is 605 g/mol. The fourth-order valence-electron chi connectivity index (χ4n) is 6.49. The molecule has 5 heterocycles. The van der Waals surface area contributed by atoms with Gasteiger partial charge in [-0.15, -0.1) is 0 Å². The molecule has 3 fully saturated rings. The number of amides is 2. The predicted molar refractivity (Wildman–Crippen MR) is 169 cm³/mol. The largest absolute Gasteiger partial charge is 0.380 e. The van der Waals surface area contributed by atoms with E-state index in [0.29, 0.717) is 29.7 Å². The molecule has 0 unspecified atom stereocenters. The van der Waals surface area contributed by atoms with Crippen LogP contribution >= 0.6 is 0 Å². The molecule has 1 aliphatic carbocycles. The molecule has 1 spiro atoms. The molecule has 7 rings (SSSR count). The van der Waals surface area contributed by atoms with Gasteiger partial charge in [0, 0.05) is 62.3 Å². The highest BCUT2D eigenvalue weighted by atomic mass is 16.5. The van der Waals surface area contributed by atoms with Gasteiger partial charge in [0.2, 0.25) is 5.95 Å². The summed E-state index contributed by atoms with van der Waals surface area (Å²) in [5.74, 6) is 1.83. The van der Waals surface area contributed by atoms with Gasteiger partial charge in [0.05, 0.1) is 31.0 Å². The molecule has 0 radical (unpaired) electrons. The molecule has 45 heavy (non-hydrogen) atoms. The van der Waals surface area contributed by atoms with Crippen molar-refractivity contribution in [1.29, 1.82) is 5.26 Å². The number of anilines is 3.